The standard InChI is InChI=1S/C50H92N8O5/c1-3-5-7-9-11-13-15-17-19-21-23-25-27-29-31-35-45(59)54-40-42-58(48(62)38-37-47(61)57-44(49(51)63)34-33-39-56-50(52)53)43-41-55-46(60)36-32-30-28-26-24-22-20-18-16-14-12-10-8-6-4-2/h17-20,37-38,44H,3-16,21-36,39-43H2,1-2H3,(H2,51,63)(H,54,59)(H,55,60)(H,57,61)(H4,52,53,56)/b19-17-,20-18-,38-37-/t44-/m0/s1. The molecule has 1 atom stereocenters. The molecule has 0 fully saturated rings. The summed E-state index contributed by atoms with van der Waals surface area (Å²) in [6.45, 7) is 5.63. The molecule has 362 valence electrons. The lowest BCUT2D eigenvalue weighted by atomic mass is 10.1. The topological polar surface area (TPSA) is 215 Å². The number of unbranched alkanes of at least 4 members (excludes halogenated alkanes) is 22. The third kappa shape index (κ3) is 41.6. The second kappa shape index (κ2) is 44.4. The lowest BCUT2D eigenvalue weighted by Gasteiger charge is -2.22. The van der Waals surface area contributed by atoms with E-state index in [9.17, 15) is 24.0 Å². The normalized spacial score (nSPS) is 11.9. The highest BCUT2D eigenvalue weighted by molar-refractivity contribution is 5.98. The number of allylic oxidation sites excluding steroid dienone is 4. The van der Waals surface area contributed by atoms with E-state index in [0.29, 0.717) is 19.3 Å². The number of aliphatic imine (C=N–C) groups is 1. The molecule has 0 rings (SSSR count). The van der Waals surface area contributed by atoms with Crippen molar-refractivity contribution in [1.82, 2.24) is 20.9 Å². The van der Waals surface area contributed by atoms with Crippen LogP contribution in [0.2, 0.25) is 0 Å². The Balaban J connectivity index is 4.70. The maximum Gasteiger partial charge on any atom is 0.246 e. The molecule has 0 saturated carbocycles. The van der Waals surface area contributed by atoms with E-state index in [2.05, 4.69) is 59.1 Å². The van der Waals surface area contributed by atoms with Crippen molar-refractivity contribution >= 4 is 35.5 Å². The number of nitrogens with one attached hydrogen (secondary N) is 3. The van der Waals surface area contributed by atoms with Gasteiger partial charge in [-0.15, -0.1) is 0 Å². The Labute approximate surface area is 383 Å². The summed E-state index contributed by atoms with van der Waals surface area (Å²) in [7, 11) is 0. The van der Waals surface area contributed by atoms with Crippen LogP contribution in [-0.2, 0) is 24.0 Å². The average Bonchev–Trinajstić information content (AvgIpc) is 3.25. The van der Waals surface area contributed by atoms with Crippen LogP contribution < -0.4 is 33.2 Å². The number of carbonyl (C=O) groups is 5. The first kappa shape index (κ1) is 58.8. The van der Waals surface area contributed by atoms with Gasteiger partial charge in [-0.05, 0) is 77.0 Å². The van der Waals surface area contributed by atoms with Gasteiger partial charge in [-0.2, -0.15) is 0 Å². The molecule has 13 heteroatoms. The second-order valence-electron chi connectivity index (χ2n) is 16.9. The van der Waals surface area contributed by atoms with E-state index >= 15 is 0 Å². The molecular formula is C50H92N8O5. The van der Waals surface area contributed by atoms with Gasteiger partial charge in [0.15, 0.2) is 5.96 Å². The zero-order chi connectivity index (χ0) is 46.4. The summed E-state index contributed by atoms with van der Waals surface area (Å²) in [6, 6.07) is -0.962. The zero-order valence-electron chi connectivity index (χ0n) is 40.0. The fourth-order valence-electron chi connectivity index (χ4n) is 7.14. The molecule has 0 aromatic carbocycles. The van der Waals surface area contributed by atoms with E-state index < -0.39 is 23.8 Å². The Kier molecular flexibility index (Phi) is 41.5. The Hall–Kier alpha value is -4.16. The minimum atomic E-state index is -0.962. The minimum Gasteiger partial charge on any atom is -0.370 e. The van der Waals surface area contributed by atoms with E-state index in [1.807, 2.05) is 0 Å². The lowest BCUT2D eigenvalue weighted by Crippen LogP contribution is -2.44. The van der Waals surface area contributed by atoms with Gasteiger partial charge in [-0.25, -0.2) is 0 Å². The number of amides is 5. The molecule has 0 aliphatic carbocycles. The summed E-state index contributed by atoms with van der Waals surface area (Å²) in [5, 5.41) is 8.34. The summed E-state index contributed by atoms with van der Waals surface area (Å²) in [5.74, 6) is -2.05. The maximum absolute atomic E-state index is 13.2. The summed E-state index contributed by atoms with van der Waals surface area (Å²) in [5.41, 5.74) is 16.1. The average molecular weight is 885 g/mol. The highest BCUT2D eigenvalue weighted by Gasteiger charge is 2.18. The predicted octanol–water partition coefficient (Wildman–Crippen LogP) is 8.70. The lowest BCUT2D eigenvalue weighted by molar-refractivity contribution is -0.128. The van der Waals surface area contributed by atoms with E-state index in [0.717, 1.165) is 76.4 Å². The third-order valence-corrected chi connectivity index (χ3v) is 11.0. The first-order valence-corrected chi connectivity index (χ1v) is 25.1. The van der Waals surface area contributed by atoms with Crippen LogP contribution in [0.1, 0.15) is 206 Å². The van der Waals surface area contributed by atoms with Crippen molar-refractivity contribution < 1.29 is 24.0 Å². The molecule has 63 heavy (non-hydrogen) atoms. The van der Waals surface area contributed by atoms with Crippen LogP contribution in [0.4, 0.5) is 0 Å². The fourth-order valence-corrected chi connectivity index (χ4v) is 7.14. The summed E-state index contributed by atoms with van der Waals surface area (Å²) < 4.78 is 0. The third-order valence-electron chi connectivity index (χ3n) is 11.0. The number of carbonyl (C=O) groups excluding carboxylic acids is 5. The van der Waals surface area contributed by atoms with Gasteiger partial charge in [0.25, 0.3) is 0 Å². The minimum absolute atomic E-state index is 0.0689. The molecule has 0 radical (unpaired) electrons. The Morgan fingerprint density at radius 1 is 0.524 bits per heavy atom. The molecule has 0 bridgehead atoms. The van der Waals surface area contributed by atoms with Gasteiger partial charge >= 0.3 is 0 Å². The Morgan fingerprint density at radius 2 is 0.921 bits per heavy atom. The molecule has 0 aliphatic rings. The molecule has 0 heterocycles. The van der Waals surface area contributed by atoms with Crippen LogP contribution >= 0.6 is 0 Å². The van der Waals surface area contributed by atoms with Gasteiger partial charge in [0, 0.05) is 57.7 Å². The molecule has 0 aromatic rings. The quantitative estimate of drug-likeness (QED) is 0.0115. The second-order valence-corrected chi connectivity index (χ2v) is 16.9. The van der Waals surface area contributed by atoms with Gasteiger partial charge in [0.05, 0.1) is 0 Å². The van der Waals surface area contributed by atoms with Crippen LogP contribution in [-0.4, -0.2) is 79.2 Å². The largest absolute Gasteiger partial charge is 0.370 e. The van der Waals surface area contributed by atoms with Gasteiger partial charge in [-0.3, -0.25) is 29.0 Å². The van der Waals surface area contributed by atoms with E-state index in [4.69, 9.17) is 17.2 Å². The molecule has 9 N–H and O–H groups in total. The highest BCUT2D eigenvalue weighted by atomic mass is 16.2. The fraction of sp³-hybridized carbons (Fsp3) is 0.760. The van der Waals surface area contributed by atoms with Crippen LogP contribution in [0.15, 0.2) is 41.4 Å². The van der Waals surface area contributed by atoms with Crippen LogP contribution in [0.5, 0.6) is 0 Å². The van der Waals surface area contributed by atoms with Crippen LogP contribution in [0.3, 0.4) is 0 Å². The molecule has 0 unspecified atom stereocenters. The van der Waals surface area contributed by atoms with E-state index in [-0.39, 0.29) is 56.9 Å². The Morgan fingerprint density at radius 3 is 1.32 bits per heavy atom. The monoisotopic (exact) mass is 885 g/mol. The molecule has 0 saturated heterocycles. The van der Waals surface area contributed by atoms with Gasteiger partial charge in [0.1, 0.15) is 6.04 Å². The highest BCUT2D eigenvalue weighted by Crippen LogP contribution is 2.12. The SMILES string of the molecule is CCCCCCCC/C=C\CCCCCCCC(=O)NCCN(CCNC(=O)CCCCCCC/C=C\CCCCCCCC)C(=O)/C=C\C(=O)N[C@@H](CCCN=C(N)N)C(N)=O. The molecule has 0 aromatic heterocycles. The van der Waals surface area contributed by atoms with Crippen molar-refractivity contribution in [2.45, 2.75) is 213 Å². The first-order chi connectivity index (χ1) is 30.6. The Bertz CT molecular complexity index is 1240. The van der Waals surface area contributed by atoms with Crippen molar-refractivity contribution in [2.24, 2.45) is 22.2 Å². The van der Waals surface area contributed by atoms with Crippen molar-refractivity contribution in [1.29, 1.82) is 0 Å². The zero-order valence-corrected chi connectivity index (χ0v) is 40.0. The first-order valence-electron chi connectivity index (χ1n) is 25.1. The van der Waals surface area contributed by atoms with E-state index in [1.165, 1.54) is 108 Å². The van der Waals surface area contributed by atoms with Crippen molar-refractivity contribution in [3.05, 3.63) is 36.5 Å². The van der Waals surface area contributed by atoms with Gasteiger partial charge < -0.3 is 38.1 Å². The van der Waals surface area contributed by atoms with Crippen LogP contribution in [0.25, 0.3) is 0 Å². The number of nitrogens with zero attached hydrogens (tertiary/aromatic N) is 2. The summed E-state index contributed by atoms with van der Waals surface area (Å²) >= 11 is 0. The summed E-state index contributed by atoms with van der Waals surface area (Å²) in [4.78, 5) is 68.3. The number of hydrogen-bond acceptors (Lipinski definition) is 6. The number of primary amides is 1. The van der Waals surface area contributed by atoms with Crippen LogP contribution in [0, 0.1) is 0 Å². The number of guanidine groups is 1. The maximum atomic E-state index is 13.2. The van der Waals surface area contributed by atoms with E-state index in [1.54, 1.807) is 0 Å². The van der Waals surface area contributed by atoms with Crippen molar-refractivity contribution in [3.63, 3.8) is 0 Å². The van der Waals surface area contributed by atoms with Crippen molar-refractivity contribution in [3.8, 4) is 0 Å². The number of hydrogen-bond donors (Lipinski definition) is 6. The summed E-state index contributed by atoms with van der Waals surface area (Å²) in [6.07, 6.45) is 43.9. The smallest absolute Gasteiger partial charge is 0.246 e. The predicted molar refractivity (Wildman–Crippen MR) is 262 cm³/mol. The molecule has 0 spiro atoms. The molecule has 13 nitrogen and oxygen atoms in total. The molecular weight excluding hydrogens is 793 g/mol. The van der Waals surface area contributed by atoms with Gasteiger partial charge in [-0.1, -0.05) is 141 Å². The number of nitrogens with two attached hydrogens (primary N) is 3. The number of rotatable bonds is 44. The van der Waals surface area contributed by atoms with Gasteiger partial charge in [0.2, 0.25) is 29.5 Å². The molecule has 5 amide bonds. The molecule has 0 aliphatic heterocycles. The van der Waals surface area contributed by atoms with Crippen molar-refractivity contribution in [2.75, 3.05) is 32.7 Å².